The molecule has 3 aromatic rings. The van der Waals surface area contributed by atoms with Gasteiger partial charge in [-0.1, -0.05) is 0 Å². The van der Waals surface area contributed by atoms with Crippen LogP contribution in [-0.4, -0.2) is 40.5 Å². The summed E-state index contributed by atoms with van der Waals surface area (Å²) in [6.45, 7) is 1.59. The Kier molecular flexibility index (Phi) is 4.91. The number of nitrogens with two attached hydrogens (primary N) is 1. The molecular formula is C19H19F3N6O2S. The van der Waals surface area contributed by atoms with Gasteiger partial charge in [-0.15, -0.1) is 0 Å². The topological polar surface area (TPSA) is 116 Å². The molecule has 1 aromatic carbocycles. The third-order valence-electron chi connectivity index (χ3n) is 5.08. The Morgan fingerprint density at radius 3 is 2.35 bits per heavy atom. The van der Waals surface area contributed by atoms with E-state index in [9.17, 15) is 21.6 Å². The summed E-state index contributed by atoms with van der Waals surface area (Å²) >= 11 is 0. The fourth-order valence-electron chi connectivity index (χ4n) is 3.37. The molecule has 0 radical (unpaired) electrons. The van der Waals surface area contributed by atoms with Gasteiger partial charge in [0.25, 0.3) is 0 Å². The van der Waals surface area contributed by atoms with Gasteiger partial charge in [0.1, 0.15) is 11.4 Å². The molecule has 164 valence electrons. The first-order chi connectivity index (χ1) is 14.5. The van der Waals surface area contributed by atoms with Gasteiger partial charge >= 0.3 is 6.18 Å². The minimum absolute atomic E-state index is 0.132. The molecule has 8 nitrogen and oxygen atoms in total. The van der Waals surface area contributed by atoms with Crippen LogP contribution in [-0.2, 0) is 16.0 Å². The van der Waals surface area contributed by atoms with Gasteiger partial charge in [0.15, 0.2) is 9.84 Å². The number of nitrogen functional groups attached to an aromatic ring is 1. The Morgan fingerprint density at radius 2 is 1.81 bits per heavy atom. The lowest BCUT2D eigenvalue weighted by Gasteiger charge is -2.16. The number of benzene rings is 1. The Morgan fingerprint density at radius 1 is 1.16 bits per heavy atom. The van der Waals surface area contributed by atoms with Crippen molar-refractivity contribution in [1.29, 1.82) is 0 Å². The van der Waals surface area contributed by atoms with Crippen molar-refractivity contribution in [3.8, 4) is 16.9 Å². The van der Waals surface area contributed by atoms with E-state index >= 15 is 0 Å². The van der Waals surface area contributed by atoms with Crippen molar-refractivity contribution in [1.82, 2.24) is 19.7 Å². The third kappa shape index (κ3) is 3.71. The number of nitrogens with zero attached hydrogens (tertiary/aromatic N) is 4. The predicted molar refractivity (Wildman–Crippen MR) is 108 cm³/mol. The minimum Gasteiger partial charge on any atom is -0.372 e. The van der Waals surface area contributed by atoms with Crippen LogP contribution < -0.4 is 11.1 Å². The highest BCUT2D eigenvalue weighted by molar-refractivity contribution is 7.92. The predicted octanol–water partition coefficient (Wildman–Crippen LogP) is 3.22. The maximum Gasteiger partial charge on any atom is 0.422 e. The molecule has 0 bridgehead atoms. The Labute approximate surface area is 176 Å². The van der Waals surface area contributed by atoms with Crippen LogP contribution in [0.25, 0.3) is 16.9 Å². The van der Waals surface area contributed by atoms with Gasteiger partial charge in [0, 0.05) is 12.6 Å². The van der Waals surface area contributed by atoms with Gasteiger partial charge in [0.05, 0.1) is 33.4 Å². The van der Waals surface area contributed by atoms with E-state index in [1.54, 1.807) is 19.1 Å². The molecule has 0 amide bonds. The van der Waals surface area contributed by atoms with Gasteiger partial charge < -0.3 is 11.1 Å². The summed E-state index contributed by atoms with van der Waals surface area (Å²) in [5.41, 5.74) is 5.21. The Balaban J connectivity index is 1.79. The van der Waals surface area contributed by atoms with Crippen LogP contribution in [0.4, 0.5) is 24.9 Å². The number of nitrogens with one attached hydrogen (secondary N) is 1. The zero-order valence-electron chi connectivity index (χ0n) is 16.6. The molecular weight excluding hydrogens is 433 g/mol. The molecule has 1 fully saturated rings. The van der Waals surface area contributed by atoms with Crippen LogP contribution in [0.1, 0.15) is 24.1 Å². The molecule has 0 atom stereocenters. The molecule has 31 heavy (non-hydrogen) atoms. The third-order valence-corrected chi connectivity index (χ3v) is 7.36. The summed E-state index contributed by atoms with van der Waals surface area (Å²) in [4.78, 5) is 7.69. The highest BCUT2D eigenvalue weighted by atomic mass is 32.2. The smallest absolute Gasteiger partial charge is 0.372 e. The van der Waals surface area contributed by atoms with Crippen molar-refractivity contribution < 1.29 is 21.6 Å². The summed E-state index contributed by atoms with van der Waals surface area (Å²) in [5, 5.41) is 6.27. The maximum atomic E-state index is 13.8. The second kappa shape index (κ2) is 7.22. The fraction of sp³-hybridized carbons (Fsp3) is 0.316. The molecule has 1 saturated carbocycles. The molecule has 2 heterocycles. The normalized spacial score (nSPS) is 14.6. The second-order valence-electron chi connectivity index (χ2n) is 7.20. The summed E-state index contributed by atoms with van der Waals surface area (Å²) in [6, 6.07) is 6.09. The van der Waals surface area contributed by atoms with Crippen LogP contribution in [0.2, 0.25) is 0 Å². The van der Waals surface area contributed by atoms with Crippen molar-refractivity contribution in [2.24, 2.45) is 0 Å². The van der Waals surface area contributed by atoms with E-state index in [0.717, 1.165) is 0 Å². The summed E-state index contributed by atoms with van der Waals surface area (Å²) < 4.78 is 67.4. The molecule has 3 N–H and O–H groups in total. The van der Waals surface area contributed by atoms with E-state index in [1.807, 2.05) is 0 Å². The maximum absolute atomic E-state index is 13.8. The summed E-state index contributed by atoms with van der Waals surface area (Å²) in [6.07, 6.45) is -2.15. The van der Waals surface area contributed by atoms with Crippen LogP contribution in [0, 0.1) is 6.92 Å². The minimum atomic E-state index is -4.73. The highest BCUT2D eigenvalue weighted by Crippen LogP contribution is 2.41. The first-order valence-corrected chi connectivity index (χ1v) is 10.9. The van der Waals surface area contributed by atoms with E-state index in [-0.39, 0.29) is 27.4 Å². The lowest BCUT2D eigenvalue weighted by atomic mass is 10.1. The molecule has 1 aliphatic rings. The lowest BCUT2D eigenvalue weighted by Crippen LogP contribution is -2.15. The monoisotopic (exact) mass is 452 g/mol. The molecule has 0 unspecified atom stereocenters. The zero-order valence-corrected chi connectivity index (χ0v) is 17.4. The van der Waals surface area contributed by atoms with Gasteiger partial charge in [-0.3, -0.25) is 0 Å². The van der Waals surface area contributed by atoms with Crippen molar-refractivity contribution in [2.75, 3.05) is 18.1 Å². The summed E-state index contributed by atoms with van der Waals surface area (Å²) in [7, 11) is -2.03. The highest BCUT2D eigenvalue weighted by Gasteiger charge is 2.40. The van der Waals surface area contributed by atoms with Crippen LogP contribution in [0.3, 0.4) is 0 Å². The fourth-order valence-corrected chi connectivity index (χ4v) is 5.03. The van der Waals surface area contributed by atoms with Gasteiger partial charge in [-0.05, 0) is 44.0 Å². The van der Waals surface area contributed by atoms with E-state index in [2.05, 4.69) is 20.4 Å². The van der Waals surface area contributed by atoms with E-state index in [4.69, 9.17) is 5.73 Å². The number of hydrogen-bond donors (Lipinski definition) is 2. The molecule has 12 heteroatoms. The average Bonchev–Trinajstić information content (AvgIpc) is 3.50. The number of alkyl halides is 3. The zero-order chi connectivity index (χ0) is 22.6. The standard InChI is InChI=1S/C19H19F3N6O2S/c1-10-14(16-15(19(20,21)22)17(24-2)27-18(23)26-16)9-25-28(10)11-3-5-12(6-4-11)31(29,30)13-7-8-13/h3-6,9,13H,7-8H2,1-2H3,(H3,23,24,26,27). The van der Waals surface area contributed by atoms with Crippen LogP contribution in [0.15, 0.2) is 35.4 Å². The number of halogens is 3. The van der Waals surface area contributed by atoms with Gasteiger partial charge in [-0.2, -0.15) is 23.3 Å². The number of anilines is 2. The first kappa shape index (κ1) is 21.1. The Hall–Kier alpha value is -3.15. The molecule has 0 aliphatic heterocycles. The lowest BCUT2D eigenvalue weighted by molar-refractivity contribution is -0.136. The van der Waals surface area contributed by atoms with Crippen molar-refractivity contribution in [2.45, 2.75) is 36.1 Å². The van der Waals surface area contributed by atoms with Crippen LogP contribution in [0.5, 0.6) is 0 Å². The average molecular weight is 452 g/mol. The van der Waals surface area contributed by atoms with Gasteiger partial charge in [0.2, 0.25) is 5.95 Å². The van der Waals surface area contributed by atoms with Crippen molar-refractivity contribution in [3.05, 3.63) is 41.7 Å². The summed E-state index contributed by atoms with van der Waals surface area (Å²) in [5.74, 6) is -0.745. The molecule has 2 aromatic heterocycles. The number of hydrogen-bond acceptors (Lipinski definition) is 7. The number of sulfone groups is 1. The van der Waals surface area contributed by atoms with Crippen molar-refractivity contribution in [3.63, 3.8) is 0 Å². The number of aromatic nitrogens is 4. The van der Waals surface area contributed by atoms with Crippen molar-refractivity contribution >= 4 is 21.6 Å². The Bertz CT molecular complexity index is 1250. The molecule has 4 rings (SSSR count). The number of rotatable bonds is 5. The van der Waals surface area contributed by atoms with E-state index in [1.165, 1.54) is 30.1 Å². The first-order valence-electron chi connectivity index (χ1n) is 9.36. The van der Waals surface area contributed by atoms with Gasteiger partial charge in [-0.25, -0.2) is 18.1 Å². The second-order valence-corrected chi connectivity index (χ2v) is 9.42. The quantitative estimate of drug-likeness (QED) is 0.611. The molecule has 0 saturated heterocycles. The van der Waals surface area contributed by atoms with E-state index in [0.29, 0.717) is 24.2 Å². The molecule has 1 aliphatic carbocycles. The van der Waals surface area contributed by atoms with Crippen LogP contribution >= 0.6 is 0 Å². The van der Waals surface area contributed by atoms with E-state index < -0.39 is 27.4 Å². The molecule has 0 spiro atoms. The largest absolute Gasteiger partial charge is 0.422 e. The SMILES string of the molecule is CNc1nc(N)nc(-c2cnn(-c3ccc(S(=O)(=O)C4CC4)cc3)c2C)c1C(F)(F)F.